The Kier molecular flexibility index (Phi) is 4.28. The number of aryl methyl sites for hydroxylation is 1. The maximum atomic E-state index is 12.0. The molecule has 0 spiro atoms. The summed E-state index contributed by atoms with van der Waals surface area (Å²) >= 11 is 0. The minimum absolute atomic E-state index is 0.213. The van der Waals surface area contributed by atoms with Gasteiger partial charge in [0.05, 0.1) is 6.54 Å². The van der Waals surface area contributed by atoms with Crippen LogP contribution in [0.1, 0.15) is 15.9 Å². The van der Waals surface area contributed by atoms with Gasteiger partial charge in [-0.25, -0.2) is 0 Å². The number of amides is 1. The Morgan fingerprint density at radius 2 is 1.78 bits per heavy atom. The van der Waals surface area contributed by atoms with Gasteiger partial charge in [0, 0.05) is 5.56 Å². The number of fused-ring (bicyclic) bond motifs is 1. The van der Waals surface area contributed by atoms with Crippen LogP contribution in [0, 0.1) is 6.92 Å². The van der Waals surface area contributed by atoms with Crippen LogP contribution in [-0.2, 0) is 4.79 Å². The van der Waals surface area contributed by atoms with Gasteiger partial charge in [-0.15, -0.1) is 0 Å². The number of ether oxygens (including phenoxy) is 2. The molecule has 1 aliphatic heterocycles. The topological polar surface area (TPSA) is 64.6 Å². The number of hydrogen-bond acceptors (Lipinski definition) is 4. The lowest BCUT2D eigenvalue weighted by Crippen LogP contribution is -2.42. The molecule has 0 saturated heterocycles. The average molecular weight is 311 g/mol. The van der Waals surface area contributed by atoms with E-state index in [1.807, 2.05) is 25.1 Å². The molecule has 0 radical (unpaired) electrons. The molecule has 5 heteroatoms. The largest absolute Gasteiger partial charge is 0.486 e. The third-order valence-electron chi connectivity index (χ3n) is 3.58. The smallest absolute Gasteiger partial charge is 0.292 e. The summed E-state index contributed by atoms with van der Waals surface area (Å²) in [6.45, 7) is 2.47. The van der Waals surface area contributed by atoms with E-state index in [1.165, 1.54) is 0 Å². The normalized spacial score (nSPS) is 15.8. The number of carbonyl (C=O) groups excluding carboxylic acids is 2. The highest BCUT2D eigenvalue weighted by Crippen LogP contribution is 2.30. The zero-order valence-electron chi connectivity index (χ0n) is 12.7. The first-order valence-electron chi connectivity index (χ1n) is 7.41. The number of benzene rings is 2. The van der Waals surface area contributed by atoms with Gasteiger partial charge >= 0.3 is 0 Å². The highest BCUT2D eigenvalue weighted by Gasteiger charge is 2.23. The van der Waals surface area contributed by atoms with Crippen LogP contribution >= 0.6 is 0 Å². The molecule has 5 nitrogen and oxygen atoms in total. The summed E-state index contributed by atoms with van der Waals surface area (Å²) < 4.78 is 11.3. The number of hydrogen-bond donors (Lipinski definition) is 1. The summed E-state index contributed by atoms with van der Waals surface area (Å²) in [4.78, 5) is 24.0. The third-order valence-corrected chi connectivity index (χ3v) is 3.58. The second kappa shape index (κ2) is 6.52. The van der Waals surface area contributed by atoms with E-state index in [-0.39, 0.29) is 12.6 Å². The SMILES string of the molecule is Cc1ccc(C(=O)C(=O)NCC2COc3ccccc3O2)cc1. The van der Waals surface area contributed by atoms with Gasteiger partial charge in [0.15, 0.2) is 11.5 Å². The Morgan fingerprint density at radius 1 is 1.09 bits per heavy atom. The van der Waals surface area contributed by atoms with Crippen LogP contribution in [0.25, 0.3) is 0 Å². The van der Waals surface area contributed by atoms with Crippen molar-refractivity contribution in [3.63, 3.8) is 0 Å². The van der Waals surface area contributed by atoms with Crippen LogP contribution in [-0.4, -0.2) is 30.9 Å². The van der Waals surface area contributed by atoms with E-state index in [4.69, 9.17) is 9.47 Å². The van der Waals surface area contributed by atoms with Crippen molar-refractivity contribution in [1.82, 2.24) is 5.32 Å². The van der Waals surface area contributed by atoms with E-state index in [0.717, 1.165) is 5.56 Å². The first-order chi connectivity index (χ1) is 11.1. The summed E-state index contributed by atoms with van der Waals surface area (Å²) in [7, 11) is 0. The lowest BCUT2D eigenvalue weighted by molar-refractivity contribution is -0.117. The van der Waals surface area contributed by atoms with Gasteiger partial charge in [-0.3, -0.25) is 9.59 Å². The zero-order chi connectivity index (χ0) is 16.2. The van der Waals surface area contributed by atoms with Crippen LogP contribution in [0.4, 0.5) is 0 Å². The monoisotopic (exact) mass is 311 g/mol. The number of carbonyl (C=O) groups is 2. The summed E-state index contributed by atoms with van der Waals surface area (Å²) in [6, 6.07) is 14.2. The number of nitrogens with one attached hydrogen (secondary N) is 1. The highest BCUT2D eigenvalue weighted by molar-refractivity contribution is 6.42. The van der Waals surface area contributed by atoms with E-state index in [2.05, 4.69) is 5.32 Å². The summed E-state index contributed by atoms with van der Waals surface area (Å²) in [5.74, 6) is 0.132. The molecule has 0 aliphatic carbocycles. The van der Waals surface area contributed by atoms with E-state index in [1.54, 1.807) is 30.3 Å². The molecule has 1 aliphatic rings. The Labute approximate surface area is 134 Å². The fourth-order valence-corrected chi connectivity index (χ4v) is 2.29. The van der Waals surface area contributed by atoms with Gasteiger partial charge in [0.2, 0.25) is 5.78 Å². The molecular weight excluding hydrogens is 294 g/mol. The third kappa shape index (κ3) is 3.51. The number of ketones is 1. The molecule has 1 unspecified atom stereocenters. The minimum Gasteiger partial charge on any atom is -0.486 e. The summed E-state index contributed by atoms with van der Waals surface area (Å²) in [6.07, 6.45) is -0.320. The molecule has 2 aromatic rings. The molecule has 0 aromatic heterocycles. The second-order valence-electron chi connectivity index (χ2n) is 5.40. The van der Waals surface area contributed by atoms with Crippen molar-refractivity contribution >= 4 is 11.7 Å². The van der Waals surface area contributed by atoms with E-state index in [0.29, 0.717) is 23.7 Å². The molecule has 23 heavy (non-hydrogen) atoms. The lowest BCUT2D eigenvalue weighted by atomic mass is 10.1. The predicted molar refractivity (Wildman–Crippen MR) is 84.9 cm³/mol. The van der Waals surface area contributed by atoms with Crippen molar-refractivity contribution in [3.05, 3.63) is 59.7 Å². The Bertz CT molecular complexity index is 724. The average Bonchev–Trinajstić information content (AvgIpc) is 2.59. The number of para-hydroxylation sites is 2. The molecule has 1 atom stereocenters. The Hall–Kier alpha value is -2.82. The van der Waals surface area contributed by atoms with Crippen molar-refractivity contribution in [2.24, 2.45) is 0 Å². The maximum Gasteiger partial charge on any atom is 0.292 e. The highest BCUT2D eigenvalue weighted by atomic mass is 16.6. The maximum absolute atomic E-state index is 12.0. The standard InChI is InChI=1S/C18H17NO4/c1-12-6-8-13(9-7-12)17(20)18(21)19-10-14-11-22-15-4-2-3-5-16(15)23-14/h2-9,14H,10-11H2,1H3,(H,19,21). The molecule has 3 rings (SSSR count). The predicted octanol–water partition coefficient (Wildman–Crippen LogP) is 2.13. The van der Waals surface area contributed by atoms with Gasteiger partial charge in [0.1, 0.15) is 12.7 Å². The zero-order valence-corrected chi connectivity index (χ0v) is 12.7. The summed E-state index contributed by atoms with van der Waals surface area (Å²) in [5.41, 5.74) is 1.41. The van der Waals surface area contributed by atoms with Crippen LogP contribution < -0.4 is 14.8 Å². The van der Waals surface area contributed by atoms with Crippen molar-refractivity contribution in [1.29, 1.82) is 0 Å². The Morgan fingerprint density at radius 3 is 2.52 bits per heavy atom. The van der Waals surface area contributed by atoms with Gasteiger partial charge < -0.3 is 14.8 Å². The minimum atomic E-state index is -0.642. The van der Waals surface area contributed by atoms with Crippen molar-refractivity contribution in [3.8, 4) is 11.5 Å². The van der Waals surface area contributed by atoms with Crippen LogP contribution in [0.2, 0.25) is 0 Å². The lowest BCUT2D eigenvalue weighted by Gasteiger charge is -2.26. The molecular formula is C18H17NO4. The fourth-order valence-electron chi connectivity index (χ4n) is 2.29. The van der Waals surface area contributed by atoms with Gasteiger partial charge in [-0.2, -0.15) is 0 Å². The molecule has 0 bridgehead atoms. The van der Waals surface area contributed by atoms with Crippen LogP contribution in [0.15, 0.2) is 48.5 Å². The molecule has 2 aromatic carbocycles. The second-order valence-corrected chi connectivity index (χ2v) is 5.40. The van der Waals surface area contributed by atoms with Crippen molar-refractivity contribution in [2.45, 2.75) is 13.0 Å². The molecule has 1 heterocycles. The van der Waals surface area contributed by atoms with Crippen molar-refractivity contribution in [2.75, 3.05) is 13.2 Å². The Balaban J connectivity index is 1.55. The fraction of sp³-hybridized carbons (Fsp3) is 0.222. The van der Waals surface area contributed by atoms with Gasteiger partial charge in [-0.05, 0) is 19.1 Å². The van der Waals surface area contributed by atoms with Gasteiger partial charge in [-0.1, -0.05) is 42.0 Å². The molecule has 0 fully saturated rings. The first kappa shape index (κ1) is 15.1. The number of Topliss-reactive ketones (excluding diaryl/α,β-unsaturated/α-hetero) is 1. The van der Waals surface area contributed by atoms with E-state index >= 15 is 0 Å². The van der Waals surface area contributed by atoms with Crippen LogP contribution in [0.3, 0.4) is 0 Å². The number of rotatable bonds is 4. The molecule has 1 amide bonds. The van der Waals surface area contributed by atoms with Gasteiger partial charge in [0.25, 0.3) is 5.91 Å². The molecule has 0 saturated carbocycles. The first-order valence-corrected chi connectivity index (χ1v) is 7.41. The molecule has 1 N–H and O–H groups in total. The summed E-state index contributed by atoms with van der Waals surface area (Å²) in [5, 5.41) is 2.60. The van der Waals surface area contributed by atoms with Crippen LogP contribution in [0.5, 0.6) is 11.5 Å². The van der Waals surface area contributed by atoms with Crippen molar-refractivity contribution < 1.29 is 19.1 Å². The quantitative estimate of drug-likeness (QED) is 0.694. The van der Waals surface area contributed by atoms with E-state index < -0.39 is 11.7 Å². The molecule has 118 valence electrons. The van der Waals surface area contributed by atoms with E-state index in [9.17, 15) is 9.59 Å².